The number of hydrogen-bond donors (Lipinski definition) is 0. The van der Waals surface area contributed by atoms with Gasteiger partial charge in [0.15, 0.2) is 19.3 Å². The Morgan fingerprint density at radius 3 is 1.80 bits per heavy atom. The first-order chi connectivity index (χ1) is 6.53. The maximum atomic E-state index is 12.1. The molecule has 0 aromatic heterocycles. The summed E-state index contributed by atoms with van der Waals surface area (Å²) in [5, 5.41) is 0. The Kier molecular flexibility index (Phi) is 4.56. The van der Waals surface area contributed by atoms with E-state index in [2.05, 4.69) is 15.9 Å². The van der Waals surface area contributed by atoms with Gasteiger partial charge in [-0.3, -0.25) is 4.79 Å². The van der Waals surface area contributed by atoms with Gasteiger partial charge in [-0.25, -0.2) is 8.42 Å². The van der Waals surface area contributed by atoms with E-state index in [-0.39, 0.29) is 18.0 Å². The van der Waals surface area contributed by atoms with Crippen LogP contribution in [0.5, 0.6) is 0 Å². The van der Waals surface area contributed by atoms with Crippen molar-refractivity contribution in [3.8, 4) is 0 Å². The Morgan fingerprint density at radius 1 is 1.20 bits per heavy atom. The first-order valence-corrected chi connectivity index (χ1v) is 7.43. The molecule has 0 amide bonds. The van der Waals surface area contributed by atoms with E-state index in [1.165, 1.54) is 0 Å². The second-order valence-corrected chi connectivity index (χ2v) is 8.95. The van der Waals surface area contributed by atoms with Gasteiger partial charge in [0.1, 0.15) is 0 Å². The van der Waals surface area contributed by atoms with Crippen LogP contribution in [-0.4, -0.2) is 23.6 Å². The molecule has 90 valence electrons. The van der Waals surface area contributed by atoms with Gasteiger partial charge in [0, 0.05) is 11.2 Å². The van der Waals surface area contributed by atoms with Gasteiger partial charge in [0.2, 0.25) is 0 Å². The lowest BCUT2D eigenvalue weighted by Crippen LogP contribution is -2.46. The van der Waals surface area contributed by atoms with Crippen molar-refractivity contribution < 1.29 is 13.2 Å². The lowest BCUT2D eigenvalue weighted by Gasteiger charge is -2.30. The SMILES string of the molecule is CC[C@@](Br)(C(=O)C(C)(C)C)S(=O)(=O)CC. The molecule has 0 aromatic carbocycles. The fourth-order valence-electron chi connectivity index (χ4n) is 1.31. The van der Waals surface area contributed by atoms with Crippen molar-refractivity contribution in [1.82, 2.24) is 0 Å². The van der Waals surface area contributed by atoms with Gasteiger partial charge >= 0.3 is 0 Å². The van der Waals surface area contributed by atoms with E-state index in [0.29, 0.717) is 0 Å². The van der Waals surface area contributed by atoms with Crippen LogP contribution in [0.2, 0.25) is 0 Å². The van der Waals surface area contributed by atoms with E-state index in [0.717, 1.165) is 0 Å². The minimum atomic E-state index is -3.43. The molecule has 0 heterocycles. The highest BCUT2D eigenvalue weighted by Crippen LogP contribution is 2.37. The minimum Gasteiger partial charge on any atom is -0.296 e. The van der Waals surface area contributed by atoms with Crippen LogP contribution in [0.25, 0.3) is 0 Å². The summed E-state index contributed by atoms with van der Waals surface area (Å²) in [5.41, 5.74) is -0.665. The molecule has 0 saturated carbocycles. The van der Waals surface area contributed by atoms with Crippen LogP contribution >= 0.6 is 15.9 Å². The fraction of sp³-hybridized carbons (Fsp3) is 0.900. The van der Waals surface area contributed by atoms with Crippen LogP contribution in [-0.2, 0) is 14.6 Å². The normalized spacial score (nSPS) is 17.2. The smallest absolute Gasteiger partial charge is 0.185 e. The van der Waals surface area contributed by atoms with Crippen LogP contribution in [0.15, 0.2) is 0 Å². The first-order valence-electron chi connectivity index (χ1n) is 4.99. The van der Waals surface area contributed by atoms with Crippen LogP contribution in [0.1, 0.15) is 41.0 Å². The summed E-state index contributed by atoms with van der Waals surface area (Å²) < 4.78 is 22.3. The molecule has 15 heavy (non-hydrogen) atoms. The fourth-order valence-corrected chi connectivity index (χ4v) is 4.08. The van der Waals surface area contributed by atoms with Gasteiger partial charge in [-0.15, -0.1) is 0 Å². The van der Waals surface area contributed by atoms with Gasteiger partial charge in [-0.1, -0.05) is 50.5 Å². The number of Topliss-reactive ketones (excluding diaryl/α,β-unsaturated/α-hetero) is 1. The molecule has 0 aliphatic carbocycles. The van der Waals surface area contributed by atoms with E-state index in [4.69, 9.17) is 0 Å². The maximum Gasteiger partial charge on any atom is 0.185 e. The van der Waals surface area contributed by atoms with Crippen molar-refractivity contribution in [2.75, 3.05) is 5.75 Å². The predicted molar refractivity (Wildman–Crippen MR) is 65.9 cm³/mol. The molecule has 1 atom stereocenters. The third-order valence-corrected chi connectivity index (χ3v) is 6.97. The zero-order valence-electron chi connectivity index (χ0n) is 9.93. The average Bonchev–Trinajstić information content (AvgIpc) is 2.13. The molecule has 0 aromatic rings. The summed E-state index contributed by atoms with van der Waals surface area (Å²) in [5.74, 6) is -0.312. The van der Waals surface area contributed by atoms with Gasteiger partial charge in [0.25, 0.3) is 0 Å². The topological polar surface area (TPSA) is 51.2 Å². The highest BCUT2D eigenvalue weighted by molar-refractivity contribution is 9.12. The highest BCUT2D eigenvalue weighted by atomic mass is 79.9. The number of hydrogen-bond acceptors (Lipinski definition) is 3. The number of ketones is 1. The number of sulfone groups is 1. The first kappa shape index (κ1) is 15.1. The molecule has 0 aliphatic heterocycles. The molecular formula is C10H19BrO3S. The van der Waals surface area contributed by atoms with Crippen LogP contribution in [0.3, 0.4) is 0 Å². The summed E-state index contributed by atoms with van der Waals surface area (Å²) in [6, 6.07) is 0. The van der Waals surface area contributed by atoms with E-state index < -0.39 is 18.9 Å². The largest absolute Gasteiger partial charge is 0.296 e. The summed E-state index contributed by atoms with van der Waals surface area (Å²) in [7, 11) is -3.43. The third-order valence-electron chi connectivity index (χ3n) is 2.35. The van der Waals surface area contributed by atoms with Crippen molar-refractivity contribution >= 4 is 31.6 Å². The molecule has 0 spiro atoms. The molecule has 0 fully saturated rings. The zero-order chi connectivity index (χ0) is 12.5. The van der Waals surface area contributed by atoms with Crippen LogP contribution < -0.4 is 0 Å². The Bertz CT molecular complexity index is 340. The van der Waals surface area contributed by atoms with Crippen molar-refractivity contribution in [3.05, 3.63) is 0 Å². The Morgan fingerprint density at radius 2 is 1.60 bits per heavy atom. The minimum absolute atomic E-state index is 0.0338. The summed E-state index contributed by atoms with van der Waals surface area (Å²) in [6.45, 7) is 8.44. The Balaban J connectivity index is 5.51. The number of carbonyl (C=O) groups is 1. The van der Waals surface area contributed by atoms with Gasteiger partial charge in [-0.2, -0.15) is 0 Å². The summed E-state index contributed by atoms with van der Waals surface area (Å²) >= 11 is 3.13. The van der Waals surface area contributed by atoms with E-state index in [1.54, 1.807) is 34.6 Å². The lowest BCUT2D eigenvalue weighted by molar-refractivity contribution is -0.126. The summed E-state index contributed by atoms with van der Waals surface area (Å²) in [6.07, 6.45) is 0.249. The number of rotatable bonds is 4. The molecule has 0 rings (SSSR count). The third kappa shape index (κ3) is 2.81. The lowest BCUT2D eigenvalue weighted by atomic mass is 9.88. The number of alkyl halides is 1. The quantitative estimate of drug-likeness (QED) is 0.750. The molecule has 0 unspecified atom stereocenters. The van der Waals surface area contributed by atoms with E-state index >= 15 is 0 Å². The molecule has 3 nitrogen and oxygen atoms in total. The maximum absolute atomic E-state index is 12.1. The van der Waals surface area contributed by atoms with Gasteiger partial charge < -0.3 is 0 Å². The number of carbonyl (C=O) groups excluding carboxylic acids is 1. The van der Waals surface area contributed by atoms with E-state index in [9.17, 15) is 13.2 Å². The second kappa shape index (κ2) is 4.53. The molecule has 0 N–H and O–H groups in total. The van der Waals surface area contributed by atoms with Crippen molar-refractivity contribution in [1.29, 1.82) is 0 Å². The van der Waals surface area contributed by atoms with Crippen LogP contribution in [0.4, 0.5) is 0 Å². The molecule has 0 radical (unpaired) electrons. The highest BCUT2D eigenvalue weighted by Gasteiger charge is 2.49. The van der Waals surface area contributed by atoms with Crippen molar-refractivity contribution in [2.24, 2.45) is 5.41 Å². The van der Waals surface area contributed by atoms with Gasteiger partial charge in [-0.05, 0) is 6.42 Å². The molecule has 0 saturated heterocycles. The second-order valence-electron chi connectivity index (χ2n) is 4.56. The molecule has 0 bridgehead atoms. The number of halogens is 1. The summed E-state index contributed by atoms with van der Waals surface area (Å²) in [4.78, 5) is 12.1. The van der Waals surface area contributed by atoms with Crippen molar-refractivity contribution in [2.45, 2.75) is 44.7 Å². The Hall–Kier alpha value is 0.1000. The zero-order valence-corrected chi connectivity index (χ0v) is 12.3. The average molecular weight is 299 g/mol. The molecule has 0 aliphatic rings. The molecule has 5 heteroatoms. The van der Waals surface area contributed by atoms with Gasteiger partial charge in [0.05, 0.1) is 0 Å². The van der Waals surface area contributed by atoms with E-state index in [1.807, 2.05) is 0 Å². The van der Waals surface area contributed by atoms with Crippen LogP contribution in [0, 0.1) is 5.41 Å². The predicted octanol–water partition coefficient (Wildman–Crippen LogP) is 2.54. The monoisotopic (exact) mass is 298 g/mol. The standard InChI is InChI=1S/C10H19BrO3S/c1-6-10(11,15(13,14)7-2)8(12)9(3,4)5/h6-7H2,1-5H3/t10-/m0/s1. The molecular weight excluding hydrogens is 280 g/mol. The Labute approximate surface area is 101 Å². The van der Waals surface area contributed by atoms with Crippen molar-refractivity contribution in [3.63, 3.8) is 0 Å².